The van der Waals surface area contributed by atoms with Gasteiger partial charge in [0.25, 0.3) is 0 Å². The van der Waals surface area contributed by atoms with Crippen LogP contribution in [0.3, 0.4) is 0 Å². The summed E-state index contributed by atoms with van der Waals surface area (Å²) >= 11 is 0. The van der Waals surface area contributed by atoms with Crippen molar-refractivity contribution in [3.8, 4) is 11.1 Å². The summed E-state index contributed by atoms with van der Waals surface area (Å²) in [5, 5.41) is 0. The maximum Gasteiger partial charge on any atom is 2.00 e. The summed E-state index contributed by atoms with van der Waals surface area (Å²) in [6.45, 7) is 6.43. The van der Waals surface area contributed by atoms with Crippen LogP contribution in [0.25, 0.3) is 11.1 Å². The molecule has 0 heterocycles. The predicted molar refractivity (Wildman–Crippen MR) is 103 cm³/mol. The van der Waals surface area contributed by atoms with Gasteiger partial charge in [0.1, 0.15) is 0 Å². The summed E-state index contributed by atoms with van der Waals surface area (Å²) in [5.74, 6) is 0.906. The van der Waals surface area contributed by atoms with Gasteiger partial charge in [0.2, 0.25) is 0 Å². The number of fused-ring (bicyclic) bond motifs is 3. The smallest absolute Gasteiger partial charge is 1.00 e. The van der Waals surface area contributed by atoms with Crippen LogP contribution in [-0.4, -0.2) is 0 Å². The molecule has 0 nitrogen and oxygen atoms in total. The van der Waals surface area contributed by atoms with Crippen molar-refractivity contribution in [2.45, 2.75) is 25.7 Å². The number of allylic oxidation sites excluding steroid dienone is 5. The van der Waals surface area contributed by atoms with Gasteiger partial charge < -0.3 is 24.8 Å². The molecular weight excluding hydrogens is 407 g/mol. The molecule has 3 heteroatoms. The molecule has 0 fully saturated rings. The Morgan fingerprint density at radius 2 is 1.37 bits per heavy atom. The fraction of sp³-hybridized carbons (Fsp3) is 0.250. The van der Waals surface area contributed by atoms with Crippen molar-refractivity contribution in [1.82, 2.24) is 0 Å². The Labute approximate surface area is 190 Å². The molecule has 2 aliphatic carbocycles. The number of benzene rings is 2. The molecule has 138 valence electrons. The Kier molecular flexibility index (Phi) is 8.83. The van der Waals surface area contributed by atoms with E-state index in [-0.39, 0.29) is 51.9 Å². The number of hydrogen-bond acceptors (Lipinski definition) is 0. The van der Waals surface area contributed by atoms with Crippen LogP contribution in [0.15, 0.2) is 85.5 Å². The Hall–Kier alpha value is -1.05. The normalized spacial score (nSPS) is 16.3. The molecule has 27 heavy (non-hydrogen) atoms. The van der Waals surface area contributed by atoms with Crippen LogP contribution in [0.5, 0.6) is 0 Å². The van der Waals surface area contributed by atoms with E-state index in [0.29, 0.717) is 11.8 Å². The number of rotatable bonds is 5. The van der Waals surface area contributed by atoms with Crippen molar-refractivity contribution in [3.63, 3.8) is 0 Å². The SMILES string of the molecule is C=CCCC(C)(C1C=CC=C1)C1c2ccccc2-c2ccccc21.[Cl-].[Cl-].[Ti+2]. The second-order valence-electron chi connectivity index (χ2n) is 7.24. The third-order valence-corrected chi connectivity index (χ3v) is 5.89. The van der Waals surface area contributed by atoms with E-state index >= 15 is 0 Å². The average molecular weight is 431 g/mol. The fourth-order valence-corrected chi connectivity index (χ4v) is 4.65. The molecule has 0 saturated carbocycles. The molecule has 2 aliphatic rings. The van der Waals surface area contributed by atoms with Crippen LogP contribution in [0.4, 0.5) is 0 Å². The van der Waals surface area contributed by atoms with Gasteiger partial charge in [0.15, 0.2) is 0 Å². The third kappa shape index (κ3) is 4.05. The molecular formula is C24H24Cl2Ti. The number of halogens is 2. The van der Waals surface area contributed by atoms with Crippen molar-refractivity contribution in [3.05, 3.63) is 96.6 Å². The van der Waals surface area contributed by atoms with Crippen LogP contribution in [-0.2, 0) is 21.7 Å². The Morgan fingerprint density at radius 1 is 0.889 bits per heavy atom. The van der Waals surface area contributed by atoms with E-state index in [9.17, 15) is 0 Å². The van der Waals surface area contributed by atoms with Gasteiger partial charge in [-0.2, -0.15) is 0 Å². The first kappa shape index (κ1) is 24.0. The van der Waals surface area contributed by atoms with Gasteiger partial charge in [-0.15, -0.1) is 6.58 Å². The minimum Gasteiger partial charge on any atom is -1.00 e. The summed E-state index contributed by atoms with van der Waals surface area (Å²) < 4.78 is 0. The van der Waals surface area contributed by atoms with Crippen molar-refractivity contribution >= 4 is 0 Å². The zero-order chi connectivity index (χ0) is 16.6. The van der Waals surface area contributed by atoms with Crippen LogP contribution < -0.4 is 24.8 Å². The Bertz CT molecular complexity index is 782. The first-order valence-electron chi connectivity index (χ1n) is 8.90. The van der Waals surface area contributed by atoms with E-state index in [2.05, 4.69) is 92.4 Å². The summed E-state index contributed by atoms with van der Waals surface area (Å²) in [6.07, 6.45) is 13.4. The van der Waals surface area contributed by atoms with Crippen LogP contribution in [0, 0.1) is 11.3 Å². The average Bonchev–Trinajstić information content (AvgIpc) is 3.26. The second kappa shape index (κ2) is 9.94. The molecule has 0 saturated heterocycles. The van der Waals surface area contributed by atoms with Crippen molar-refractivity contribution in [2.75, 3.05) is 0 Å². The molecule has 0 amide bonds. The van der Waals surface area contributed by atoms with Crippen molar-refractivity contribution in [2.24, 2.45) is 11.3 Å². The van der Waals surface area contributed by atoms with Crippen LogP contribution in [0.2, 0.25) is 0 Å². The summed E-state index contributed by atoms with van der Waals surface area (Å²) in [4.78, 5) is 0. The van der Waals surface area contributed by atoms with Gasteiger partial charge in [-0.05, 0) is 40.5 Å². The zero-order valence-electron chi connectivity index (χ0n) is 15.5. The quantitative estimate of drug-likeness (QED) is 0.479. The molecule has 0 N–H and O–H groups in total. The summed E-state index contributed by atoms with van der Waals surface area (Å²) in [5.41, 5.74) is 5.95. The van der Waals surface area contributed by atoms with E-state index in [1.807, 2.05) is 0 Å². The first-order valence-corrected chi connectivity index (χ1v) is 8.90. The molecule has 0 bridgehead atoms. The van der Waals surface area contributed by atoms with Gasteiger partial charge >= 0.3 is 21.7 Å². The molecule has 0 spiro atoms. The monoisotopic (exact) mass is 430 g/mol. The Morgan fingerprint density at radius 3 is 1.85 bits per heavy atom. The first-order chi connectivity index (χ1) is 11.8. The molecule has 0 aromatic heterocycles. The van der Waals surface area contributed by atoms with E-state index in [4.69, 9.17) is 0 Å². The number of hydrogen-bond donors (Lipinski definition) is 0. The van der Waals surface area contributed by atoms with E-state index < -0.39 is 0 Å². The third-order valence-electron chi connectivity index (χ3n) is 5.89. The summed E-state index contributed by atoms with van der Waals surface area (Å²) in [6, 6.07) is 17.9. The van der Waals surface area contributed by atoms with Crippen molar-refractivity contribution < 1.29 is 46.5 Å². The van der Waals surface area contributed by atoms with E-state index in [0.717, 1.165) is 12.8 Å². The largest absolute Gasteiger partial charge is 2.00 e. The van der Waals surface area contributed by atoms with Crippen LogP contribution >= 0.6 is 0 Å². The van der Waals surface area contributed by atoms with Gasteiger partial charge in [-0.1, -0.05) is 85.8 Å². The molecule has 2 aromatic rings. The maximum absolute atomic E-state index is 3.97. The molecule has 0 aliphatic heterocycles. The van der Waals surface area contributed by atoms with Gasteiger partial charge in [-0.25, -0.2) is 0 Å². The van der Waals surface area contributed by atoms with E-state index in [1.165, 1.54) is 22.3 Å². The second-order valence-corrected chi connectivity index (χ2v) is 7.24. The minimum atomic E-state index is 0. The maximum atomic E-state index is 3.97. The van der Waals surface area contributed by atoms with Crippen molar-refractivity contribution in [1.29, 1.82) is 0 Å². The van der Waals surface area contributed by atoms with Gasteiger partial charge in [0, 0.05) is 11.8 Å². The summed E-state index contributed by atoms with van der Waals surface area (Å²) in [7, 11) is 0. The zero-order valence-corrected chi connectivity index (χ0v) is 18.6. The van der Waals surface area contributed by atoms with Gasteiger partial charge in [0.05, 0.1) is 0 Å². The Balaban J connectivity index is 0.00000121. The predicted octanol–water partition coefficient (Wildman–Crippen LogP) is 0.519. The molecule has 4 rings (SSSR count). The van der Waals surface area contributed by atoms with Crippen LogP contribution in [0.1, 0.15) is 36.8 Å². The molecule has 0 radical (unpaired) electrons. The fourth-order valence-electron chi connectivity index (χ4n) is 4.65. The standard InChI is InChI=1S/C24H24.2ClH.Ti/c1-3-4-17-24(2,18-11-5-6-12-18)23-21-15-9-7-13-19(21)20-14-8-10-16-22(20)23;;;/h3,5-16,18,23H,1,4,17H2,2H3;2*1H;/q;;;+2/p-2. The molecule has 1 unspecified atom stereocenters. The molecule has 1 atom stereocenters. The molecule has 2 aromatic carbocycles. The van der Waals surface area contributed by atoms with Gasteiger partial charge in [-0.3, -0.25) is 0 Å². The minimum absolute atomic E-state index is 0. The topological polar surface area (TPSA) is 0 Å². The van der Waals surface area contributed by atoms with E-state index in [1.54, 1.807) is 0 Å².